The Morgan fingerprint density at radius 3 is 2.26 bits per heavy atom. The number of hydrogen-bond acceptors (Lipinski definition) is 4. The summed E-state index contributed by atoms with van der Waals surface area (Å²) in [4.78, 5) is 13.7. The maximum atomic E-state index is 5.99. The molecule has 100 valence electrons. The van der Waals surface area contributed by atoms with E-state index in [4.69, 9.17) is 34.8 Å². The fourth-order valence-corrected chi connectivity index (χ4v) is 2.19. The van der Waals surface area contributed by atoms with E-state index in [9.17, 15) is 0 Å². The summed E-state index contributed by atoms with van der Waals surface area (Å²) in [7, 11) is 1.85. The monoisotopic (exact) mass is 316 g/mol. The summed E-state index contributed by atoms with van der Waals surface area (Å²) in [5, 5.41) is 0.824. The van der Waals surface area contributed by atoms with Crippen molar-refractivity contribution in [3.8, 4) is 0 Å². The minimum atomic E-state index is 0.0215. The Morgan fingerprint density at radius 2 is 1.68 bits per heavy atom. The van der Waals surface area contributed by atoms with E-state index in [-0.39, 0.29) is 16.6 Å². The number of halogens is 3. The number of anilines is 1. The van der Waals surface area contributed by atoms with E-state index in [2.05, 4.69) is 15.0 Å². The van der Waals surface area contributed by atoms with E-state index in [1.54, 1.807) is 0 Å². The van der Waals surface area contributed by atoms with Crippen LogP contribution in [-0.4, -0.2) is 22.0 Å². The fraction of sp³-hybridized carbons (Fsp3) is 0.250. The third-order valence-electron chi connectivity index (χ3n) is 2.80. The Bertz CT molecular complexity index is 571. The molecular formula is C12H11Cl3N4. The standard InChI is InChI=1S/C12H11Cl3N4/c1-7(8-4-3-5-9(13)6-8)19(2)12-17-10(14)16-11(15)18-12/h3-7H,1-2H3. The number of aromatic nitrogens is 3. The summed E-state index contributed by atoms with van der Waals surface area (Å²) in [6, 6.07) is 7.63. The van der Waals surface area contributed by atoms with Gasteiger partial charge in [-0.2, -0.15) is 15.0 Å². The molecule has 0 N–H and O–H groups in total. The molecule has 0 saturated carbocycles. The van der Waals surface area contributed by atoms with Crippen LogP contribution in [0.2, 0.25) is 15.6 Å². The van der Waals surface area contributed by atoms with Gasteiger partial charge in [0.05, 0.1) is 6.04 Å². The topological polar surface area (TPSA) is 41.9 Å². The second-order valence-electron chi connectivity index (χ2n) is 4.02. The van der Waals surface area contributed by atoms with Gasteiger partial charge in [-0.1, -0.05) is 23.7 Å². The van der Waals surface area contributed by atoms with E-state index in [1.165, 1.54) is 0 Å². The first kappa shape index (κ1) is 14.3. The Kier molecular flexibility index (Phi) is 4.45. The molecule has 4 nitrogen and oxygen atoms in total. The first-order valence-corrected chi connectivity index (χ1v) is 6.66. The molecule has 1 aromatic heterocycles. The molecule has 1 heterocycles. The van der Waals surface area contributed by atoms with Crippen LogP contribution in [0, 0.1) is 0 Å². The van der Waals surface area contributed by atoms with Gasteiger partial charge in [0, 0.05) is 12.1 Å². The lowest BCUT2D eigenvalue weighted by Crippen LogP contribution is -2.24. The highest BCUT2D eigenvalue weighted by atomic mass is 35.5. The summed E-state index contributed by atoms with van der Waals surface area (Å²) < 4.78 is 0. The Labute approximate surface area is 126 Å². The van der Waals surface area contributed by atoms with Crippen molar-refractivity contribution < 1.29 is 0 Å². The summed E-state index contributed by atoms with van der Waals surface area (Å²) in [6.45, 7) is 2.01. The third-order valence-corrected chi connectivity index (χ3v) is 3.37. The molecule has 0 bridgehead atoms. The van der Waals surface area contributed by atoms with Gasteiger partial charge >= 0.3 is 0 Å². The zero-order valence-corrected chi connectivity index (χ0v) is 12.6. The molecule has 1 unspecified atom stereocenters. The van der Waals surface area contributed by atoms with E-state index in [0.29, 0.717) is 11.0 Å². The molecule has 7 heteroatoms. The zero-order chi connectivity index (χ0) is 14.0. The Morgan fingerprint density at radius 1 is 1.05 bits per heavy atom. The minimum Gasteiger partial charge on any atom is -0.337 e. The lowest BCUT2D eigenvalue weighted by molar-refractivity contribution is 0.711. The summed E-state index contributed by atoms with van der Waals surface area (Å²) >= 11 is 17.5. The molecule has 0 amide bonds. The van der Waals surface area contributed by atoms with Crippen LogP contribution in [0.15, 0.2) is 24.3 Å². The smallest absolute Gasteiger partial charge is 0.231 e. The van der Waals surface area contributed by atoms with Crippen LogP contribution >= 0.6 is 34.8 Å². The molecule has 2 rings (SSSR count). The van der Waals surface area contributed by atoms with Gasteiger partial charge in [0.25, 0.3) is 0 Å². The lowest BCUT2D eigenvalue weighted by Gasteiger charge is -2.25. The first-order valence-electron chi connectivity index (χ1n) is 5.52. The normalized spacial score (nSPS) is 12.3. The van der Waals surface area contributed by atoms with Gasteiger partial charge in [-0.3, -0.25) is 0 Å². The molecule has 19 heavy (non-hydrogen) atoms. The van der Waals surface area contributed by atoms with E-state index in [0.717, 1.165) is 5.56 Å². The Balaban J connectivity index is 2.30. The number of nitrogens with zero attached hydrogens (tertiary/aromatic N) is 4. The van der Waals surface area contributed by atoms with Crippen LogP contribution in [-0.2, 0) is 0 Å². The van der Waals surface area contributed by atoms with Crippen LogP contribution in [0.25, 0.3) is 0 Å². The van der Waals surface area contributed by atoms with Crippen molar-refractivity contribution in [2.75, 3.05) is 11.9 Å². The van der Waals surface area contributed by atoms with Gasteiger partial charge in [-0.25, -0.2) is 0 Å². The molecule has 0 saturated heterocycles. The minimum absolute atomic E-state index is 0.0215. The molecule has 0 radical (unpaired) electrons. The number of benzene rings is 1. The SMILES string of the molecule is CC(c1cccc(Cl)c1)N(C)c1nc(Cl)nc(Cl)n1. The van der Waals surface area contributed by atoms with Gasteiger partial charge in [0.2, 0.25) is 16.5 Å². The predicted octanol–water partition coefficient (Wildman–Crippen LogP) is 4.03. The predicted molar refractivity (Wildman–Crippen MR) is 78.1 cm³/mol. The van der Waals surface area contributed by atoms with Crippen molar-refractivity contribution in [3.05, 3.63) is 45.4 Å². The first-order chi connectivity index (χ1) is 8.97. The summed E-state index contributed by atoms with van der Waals surface area (Å²) in [5.41, 5.74) is 1.04. The molecule has 1 atom stereocenters. The second-order valence-corrected chi connectivity index (χ2v) is 5.13. The second kappa shape index (κ2) is 5.90. The van der Waals surface area contributed by atoms with Gasteiger partial charge in [-0.05, 0) is 47.8 Å². The van der Waals surface area contributed by atoms with Crippen LogP contribution < -0.4 is 4.90 Å². The van der Waals surface area contributed by atoms with Crippen LogP contribution in [0.1, 0.15) is 18.5 Å². The van der Waals surface area contributed by atoms with Crippen molar-refractivity contribution in [2.24, 2.45) is 0 Å². The van der Waals surface area contributed by atoms with E-state index >= 15 is 0 Å². The highest BCUT2D eigenvalue weighted by molar-refractivity contribution is 6.31. The van der Waals surface area contributed by atoms with Gasteiger partial charge in [0.1, 0.15) is 0 Å². The average Bonchev–Trinajstić information content (AvgIpc) is 2.36. The van der Waals surface area contributed by atoms with Crippen molar-refractivity contribution in [3.63, 3.8) is 0 Å². The zero-order valence-electron chi connectivity index (χ0n) is 10.3. The van der Waals surface area contributed by atoms with Crippen LogP contribution in [0.4, 0.5) is 5.95 Å². The number of hydrogen-bond donors (Lipinski definition) is 0. The molecular weight excluding hydrogens is 307 g/mol. The fourth-order valence-electron chi connectivity index (χ4n) is 1.64. The molecule has 0 fully saturated rings. The quantitative estimate of drug-likeness (QED) is 0.857. The largest absolute Gasteiger partial charge is 0.337 e. The average molecular weight is 318 g/mol. The van der Waals surface area contributed by atoms with Gasteiger partial charge in [0.15, 0.2) is 0 Å². The maximum Gasteiger partial charge on any atom is 0.231 e. The van der Waals surface area contributed by atoms with E-state index in [1.807, 2.05) is 43.1 Å². The Hall–Kier alpha value is -1.10. The van der Waals surface area contributed by atoms with Crippen LogP contribution in [0.5, 0.6) is 0 Å². The van der Waals surface area contributed by atoms with Crippen molar-refractivity contribution in [2.45, 2.75) is 13.0 Å². The lowest BCUT2D eigenvalue weighted by atomic mass is 10.1. The molecule has 0 aliphatic rings. The van der Waals surface area contributed by atoms with Crippen molar-refractivity contribution in [1.82, 2.24) is 15.0 Å². The third kappa shape index (κ3) is 3.47. The molecule has 2 aromatic rings. The highest BCUT2D eigenvalue weighted by Crippen LogP contribution is 2.25. The highest BCUT2D eigenvalue weighted by Gasteiger charge is 2.16. The van der Waals surface area contributed by atoms with Crippen LogP contribution in [0.3, 0.4) is 0 Å². The molecule has 0 spiro atoms. The van der Waals surface area contributed by atoms with Crippen molar-refractivity contribution >= 4 is 40.8 Å². The molecule has 0 aliphatic heterocycles. The van der Waals surface area contributed by atoms with Gasteiger partial charge < -0.3 is 4.90 Å². The van der Waals surface area contributed by atoms with Crippen molar-refractivity contribution in [1.29, 1.82) is 0 Å². The van der Waals surface area contributed by atoms with E-state index < -0.39 is 0 Å². The van der Waals surface area contributed by atoms with Gasteiger partial charge in [-0.15, -0.1) is 0 Å². The summed E-state index contributed by atoms with van der Waals surface area (Å²) in [5.74, 6) is 0.414. The molecule has 0 aliphatic carbocycles. The molecule has 1 aromatic carbocycles. The number of rotatable bonds is 3. The summed E-state index contributed by atoms with van der Waals surface area (Å²) in [6.07, 6.45) is 0. The maximum absolute atomic E-state index is 5.99.